The highest BCUT2D eigenvalue weighted by Crippen LogP contribution is 2.59. The largest absolute Gasteiger partial charge is 0.193 e. The summed E-state index contributed by atoms with van der Waals surface area (Å²) in [5.74, 6) is 0. The third-order valence-electron chi connectivity index (χ3n) is 4.26. The average Bonchev–Trinajstić information content (AvgIpc) is 2.68. The van der Waals surface area contributed by atoms with Gasteiger partial charge >= 0.3 is 0 Å². The number of benzene rings is 3. The molecule has 1 nitrogen and oxygen atoms in total. The molecule has 0 aliphatic heterocycles. The molecule has 0 saturated heterocycles. The molecule has 3 rings (SSSR count). The van der Waals surface area contributed by atoms with Crippen molar-refractivity contribution in [1.29, 1.82) is 5.26 Å². The van der Waals surface area contributed by atoms with Crippen LogP contribution in [-0.2, 0) is 0 Å². The standard InChI is InChI=1S/C22H19NP/c1-2-19(18-23)24(20-12-6-3-7-13-20,21-14-8-4-9-15-21)22-16-10-5-11-17-22/h2-17,19H,1H2/q+1. The second-order valence-electron chi connectivity index (χ2n) is 5.54. The number of allylic oxidation sites excluding steroid dienone is 1. The van der Waals surface area contributed by atoms with Gasteiger partial charge in [-0.3, -0.25) is 0 Å². The quantitative estimate of drug-likeness (QED) is 0.512. The van der Waals surface area contributed by atoms with Crippen LogP contribution in [0, 0.1) is 11.3 Å². The Morgan fingerprint density at radius 2 is 1.04 bits per heavy atom. The maximum absolute atomic E-state index is 9.95. The molecule has 0 radical (unpaired) electrons. The molecule has 0 N–H and O–H groups in total. The lowest BCUT2D eigenvalue weighted by Gasteiger charge is -2.29. The van der Waals surface area contributed by atoms with Crippen LogP contribution < -0.4 is 15.9 Å². The third kappa shape index (κ3) is 2.67. The van der Waals surface area contributed by atoms with Gasteiger partial charge in [-0.25, -0.2) is 0 Å². The zero-order valence-corrected chi connectivity index (χ0v) is 14.3. The first kappa shape index (κ1) is 16.2. The van der Waals surface area contributed by atoms with Crippen LogP contribution in [0.1, 0.15) is 0 Å². The normalized spacial score (nSPS) is 12.1. The van der Waals surface area contributed by atoms with Crippen LogP contribution in [-0.4, -0.2) is 5.66 Å². The first-order valence-corrected chi connectivity index (χ1v) is 9.77. The van der Waals surface area contributed by atoms with Gasteiger partial charge in [-0.1, -0.05) is 61.2 Å². The Labute approximate surface area is 144 Å². The van der Waals surface area contributed by atoms with Crippen molar-refractivity contribution in [2.45, 2.75) is 5.66 Å². The fraction of sp³-hybridized carbons (Fsp3) is 0.0455. The highest BCUT2D eigenvalue weighted by Gasteiger charge is 2.51. The van der Waals surface area contributed by atoms with Gasteiger partial charge in [-0.2, -0.15) is 5.26 Å². The molecule has 0 heterocycles. The molecule has 24 heavy (non-hydrogen) atoms. The predicted octanol–water partition coefficient (Wildman–Crippen LogP) is 4.06. The topological polar surface area (TPSA) is 23.8 Å². The van der Waals surface area contributed by atoms with Crippen LogP contribution >= 0.6 is 7.26 Å². The lowest BCUT2D eigenvalue weighted by atomic mass is 10.3. The average molecular weight is 328 g/mol. The predicted molar refractivity (Wildman–Crippen MR) is 105 cm³/mol. The number of rotatable bonds is 5. The van der Waals surface area contributed by atoms with Gasteiger partial charge in [0, 0.05) is 0 Å². The molecule has 1 atom stereocenters. The number of hydrogen-bond donors (Lipinski definition) is 0. The summed E-state index contributed by atoms with van der Waals surface area (Å²) in [5, 5.41) is 13.6. The summed E-state index contributed by atoms with van der Waals surface area (Å²) in [6.07, 6.45) is 1.81. The summed E-state index contributed by atoms with van der Waals surface area (Å²) in [6.45, 7) is 3.98. The van der Waals surface area contributed by atoms with Gasteiger partial charge in [0.1, 0.15) is 29.2 Å². The molecule has 3 aromatic carbocycles. The second-order valence-corrected chi connectivity index (χ2v) is 9.09. The Kier molecular flexibility index (Phi) is 4.90. The molecule has 0 aliphatic rings. The van der Waals surface area contributed by atoms with E-state index in [9.17, 15) is 5.26 Å². The molecule has 1 unspecified atom stereocenters. The zero-order valence-electron chi connectivity index (χ0n) is 13.4. The lowest BCUT2D eigenvalue weighted by Crippen LogP contribution is -2.37. The van der Waals surface area contributed by atoms with Crippen molar-refractivity contribution in [1.82, 2.24) is 0 Å². The van der Waals surface area contributed by atoms with E-state index in [1.165, 1.54) is 15.9 Å². The summed E-state index contributed by atoms with van der Waals surface area (Å²) in [6, 6.07) is 33.7. The maximum Gasteiger partial charge on any atom is 0.186 e. The van der Waals surface area contributed by atoms with Crippen molar-refractivity contribution in [3.05, 3.63) is 104 Å². The van der Waals surface area contributed by atoms with Gasteiger partial charge in [0.15, 0.2) is 5.66 Å². The van der Waals surface area contributed by atoms with Gasteiger partial charge < -0.3 is 0 Å². The molecule has 0 spiro atoms. The van der Waals surface area contributed by atoms with Crippen LogP contribution in [0.4, 0.5) is 0 Å². The summed E-state index contributed by atoms with van der Waals surface area (Å²) in [5.41, 5.74) is -0.273. The fourth-order valence-corrected chi connectivity index (χ4v) is 7.49. The van der Waals surface area contributed by atoms with Crippen LogP contribution in [0.15, 0.2) is 104 Å². The van der Waals surface area contributed by atoms with E-state index in [4.69, 9.17) is 0 Å². The van der Waals surface area contributed by atoms with Crippen molar-refractivity contribution >= 4 is 23.2 Å². The number of nitrogens with zero attached hydrogens (tertiary/aromatic N) is 1. The van der Waals surface area contributed by atoms with E-state index in [1.807, 2.05) is 54.6 Å². The molecule has 2 heteroatoms. The molecule has 0 amide bonds. The monoisotopic (exact) mass is 328 g/mol. The minimum absolute atomic E-state index is 0.273. The van der Waals surface area contributed by atoms with Gasteiger partial charge in [-0.05, 0) is 42.5 Å². The SMILES string of the molecule is C=CC(C#N)[P+](c1ccccc1)(c1ccccc1)c1ccccc1. The molecule has 0 saturated carbocycles. The van der Waals surface area contributed by atoms with Gasteiger partial charge in [-0.15, -0.1) is 0 Å². The summed E-state index contributed by atoms with van der Waals surface area (Å²) >= 11 is 0. The Balaban J connectivity index is 2.42. The van der Waals surface area contributed by atoms with E-state index in [1.54, 1.807) is 6.08 Å². The van der Waals surface area contributed by atoms with E-state index in [-0.39, 0.29) is 5.66 Å². The molecular weight excluding hydrogens is 309 g/mol. The van der Waals surface area contributed by atoms with E-state index >= 15 is 0 Å². The molecule has 3 aromatic rings. The highest BCUT2D eigenvalue weighted by atomic mass is 31.2. The lowest BCUT2D eigenvalue weighted by molar-refractivity contribution is 1.35. The summed E-state index contributed by atoms with van der Waals surface area (Å²) < 4.78 is 0. The number of hydrogen-bond acceptors (Lipinski definition) is 1. The van der Waals surface area contributed by atoms with Crippen molar-refractivity contribution in [3.63, 3.8) is 0 Å². The fourth-order valence-electron chi connectivity index (χ4n) is 3.22. The maximum atomic E-state index is 9.95. The van der Waals surface area contributed by atoms with Crippen molar-refractivity contribution in [2.24, 2.45) is 0 Å². The minimum Gasteiger partial charge on any atom is -0.193 e. The molecule has 0 bridgehead atoms. The van der Waals surface area contributed by atoms with Crippen LogP contribution in [0.25, 0.3) is 0 Å². The molecular formula is C22H19NP+. The van der Waals surface area contributed by atoms with E-state index in [0.29, 0.717) is 0 Å². The molecule has 0 aromatic heterocycles. The number of nitriles is 1. The van der Waals surface area contributed by atoms with E-state index < -0.39 is 7.26 Å². The van der Waals surface area contributed by atoms with Gasteiger partial charge in [0.25, 0.3) is 0 Å². The second kappa shape index (κ2) is 7.26. The van der Waals surface area contributed by atoms with Crippen LogP contribution in [0.5, 0.6) is 0 Å². The molecule has 0 aliphatic carbocycles. The van der Waals surface area contributed by atoms with E-state index in [2.05, 4.69) is 49.0 Å². The third-order valence-corrected chi connectivity index (χ3v) is 8.76. The van der Waals surface area contributed by atoms with E-state index in [0.717, 1.165) is 0 Å². The van der Waals surface area contributed by atoms with Crippen LogP contribution in [0.3, 0.4) is 0 Å². The van der Waals surface area contributed by atoms with Gasteiger partial charge in [0.2, 0.25) is 0 Å². The Morgan fingerprint density at radius 1 is 0.708 bits per heavy atom. The zero-order chi connectivity index (χ0) is 16.8. The Bertz CT molecular complexity index is 739. The summed E-state index contributed by atoms with van der Waals surface area (Å²) in [7, 11) is -2.14. The first-order valence-electron chi connectivity index (χ1n) is 7.91. The van der Waals surface area contributed by atoms with Crippen molar-refractivity contribution in [3.8, 4) is 6.07 Å². The Morgan fingerprint density at radius 3 is 1.29 bits per heavy atom. The van der Waals surface area contributed by atoms with Crippen LogP contribution in [0.2, 0.25) is 0 Å². The highest BCUT2D eigenvalue weighted by molar-refractivity contribution is 7.96. The smallest absolute Gasteiger partial charge is 0.186 e. The minimum atomic E-state index is -2.14. The summed E-state index contributed by atoms with van der Waals surface area (Å²) in [4.78, 5) is 0. The van der Waals surface area contributed by atoms with Crippen molar-refractivity contribution in [2.75, 3.05) is 0 Å². The van der Waals surface area contributed by atoms with Gasteiger partial charge in [0.05, 0.1) is 0 Å². The first-order chi connectivity index (χ1) is 11.8. The van der Waals surface area contributed by atoms with Crippen molar-refractivity contribution < 1.29 is 0 Å². The molecule has 0 fully saturated rings. The molecule has 116 valence electrons. The Hall–Kier alpha value is -2.68.